The molecule has 0 radical (unpaired) electrons. The molecule has 0 aliphatic heterocycles. The van der Waals surface area contributed by atoms with Crippen molar-refractivity contribution in [2.24, 2.45) is 0 Å². The van der Waals surface area contributed by atoms with Gasteiger partial charge in [-0.2, -0.15) is 0 Å². The topological polar surface area (TPSA) is 71.1 Å². The summed E-state index contributed by atoms with van der Waals surface area (Å²) in [7, 11) is 1.72. The van der Waals surface area contributed by atoms with Crippen molar-refractivity contribution in [3.63, 3.8) is 0 Å². The van der Waals surface area contributed by atoms with E-state index in [4.69, 9.17) is 18.9 Å². The van der Waals surface area contributed by atoms with Crippen molar-refractivity contribution in [1.82, 2.24) is 0 Å². The second-order valence-electron chi connectivity index (χ2n) is 6.32. The zero-order valence-electron chi connectivity index (χ0n) is 16.5. The van der Waals surface area contributed by atoms with Crippen molar-refractivity contribution in [2.75, 3.05) is 33.5 Å². The molecular formula is C21H32O6. The Morgan fingerprint density at radius 2 is 1.30 bits per heavy atom. The van der Waals surface area contributed by atoms with E-state index in [-0.39, 0.29) is 11.9 Å². The molecule has 152 valence electrons. The van der Waals surface area contributed by atoms with Gasteiger partial charge in [0.1, 0.15) is 5.75 Å². The Balaban J connectivity index is 2.11. The van der Waals surface area contributed by atoms with E-state index in [2.05, 4.69) is 0 Å². The van der Waals surface area contributed by atoms with Crippen molar-refractivity contribution < 1.29 is 28.5 Å². The number of carbonyl (C=O) groups is 2. The Labute approximate surface area is 162 Å². The van der Waals surface area contributed by atoms with Gasteiger partial charge in [0, 0.05) is 20.6 Å². The Bertz CT molecular complexity index is 526. The Kier molecular flexibility index (Phi) is 12.8. The largest absolute Gasteiger partial charge is 0.494 e. The van der Waals surface area contributed by atoms with Crippen molar-refractivity contribution in [3.05, 3.63) is 29.8 Å². The second-order valence-corrected chi connectivity index (χ2v) is 6.32. The first kappa shape index (κ1) is 23.0. The minimum atomic E-state index is -0.334. The summed E-state index contributed by atoms with van der Waals surface area (Å²) >= 11 is 0. The van der Waals surface area contributed by atoms with Crippen LogP contribution in [0.4, 0.5) is 0 Å². The third-order valence-electron chi connectivity index (χ3n) is 3.93. The van der Waals surface area contributed by atoms with E-state index in [0.717, 1.165) is 57.3 Å². The van der Waals surface area contributed by atoms with Crippen LogP contribution in [0.5, 0.6) is 5.75 Å². The standard InChI is InChI=1S/C21H32O6/c1-18(22)25-15-8-5-9-17-27-21(23)19-10-12-20(13-11-19)26-16-7-4-3-6-14-24-2/h10-13H,3-9,14-17H2,1-2H3. The zero-order chi connectivity index (χ0) is 19.7. The molecule has 0 unspecified atom stereocenters. The summed E-state index contributed by atoms with van der Waals surface area (Å²) in [6, 6.07) is 7.02. The van der Waals surface area contributed by atoms with Gasteiger partial charge in [-0.3, -0.25) is 4.79 Å². The van der Waals surface area contributed by atoms with Crippen LogP contribution < -0.4 is 4.74 Å². The number of esters is 2. The van der Waals surface area contributed by atoms with Crippen LogP contribution in [0.25, 0.3) is 0 Å². The highest BCUT2D eigenvalue weighted by Crippen LogP contribution is 2.14. The van der Waals surface area contributed by atoms with Crippen LogP contribution >= 0.6 is 0 Å². The van der Waals surface area contributed by atoms with Gasteiger partial charge >= 0.3 is 11.9 Å². The maximum Gasteiger partial charge on any atom is 0.338 e. The summed E-state index contributed by atoms with van der Waals surface area (Å²) in [5.41, 5.74) is 0.516. The van der Waals surface area contributed by atoms with Crippen molar-refractivity contribution >= 4 is 11.9 Å². The SMILES string of the molecule is COCCCCCCOc1ccc(C(=O)OCCCCCOC(C)=O)cc1. The molecule has 0 bridgehead atoms. The van der Waals surface area contributed by atoms with Gasteiger partial charge in [0.25, 0.3) is 0 Å². The normalized spacial score (nSPS) is 10.4. The van der Waals surface area contributed by atoms with Crippen LogP contribution in [-0.2, 0) is 19.0 Å². The molecule has 0 atom stereocenters. The number of carbonyl (C=O) groups excluding carboxylic acids is 2. The average molecular weight is 380 g/mol. The number of unbranched alkanes of at least 4 members (excludes halogenated alkanes) is 5. The lowest BCUT2D eigenvalue weighted by atomic mass is 10.2. The molecule has 1 rings (SSSR count). The quantitative estimate of drug-likeness (QED) is 0.336. The maximum atomic E-state index is 12.0. The molecule has 0 amide bonds. The summed E-state index contributed by atoms with van der Waals surface area (Å²) in [6.07, 6.45) is 6.72. The number of hydrogen-bond donors (Lipinski definition) is 0. The fourth-order valence-electron chi connectivity index (χ4n) is 2.42. The molecule has 0 aromatic heterocycles. The average Bonchev–Trinajstić information content (AvgIpc) is 2.66. The van der Waals surface area contributed by atoms with Crippen molar-refractivity contribution in [1.29, 1.82) is 0 Å². The number of benzene rings is 1. The molecule has 0 heterocycles. The highest BCUT2D eigenvalue weighted by atomic mass is 16.5. The Morgan fingerprint density at radius 1 is 0.741 bits per heavy atom. The van der Waals surface area contributed by atoms with Crippen molar-refractivity contribution in [2.45, 2.75) is 51.9 Å². The lowest BCUT2D eigenvalue weighted by Gasteiger charge is -2.08. The van der Waals surface area contributed by atoms with E-state index in [1.54, 1.807) is 31.4 Å². The molecule has 0 aliphatic carbocycles. The summed E-state index contributed by atoms with van der Waals surface area (Å²) in [4.78, 5) is 22.6. The Hall–Kier alpha value is -2.08. The maximum absolute atomic E-state index is 12.0. The van der Waals surface area contributed by atoms with Crippen LogP contribution in [0.3, 0.4) is 0 Å². The van der Waals surface area contributed by atoms with Crippen LogP contribution in [0.2, 0.25) is 0 Å². The lowest BCUT2D eigenvalue weighted by Crippen LogP contribution is -2.07. The molecule has 27 heavy (non-hydrogen) atoms. The fraction of sp³-hybridized carbons (Fsp3) is 0.619. The van der Waals surface area contributed by atoms with E-state index in [0.29, 0.717) is 25.4 Å². The fourth-order valence-corrected chi connectivity index (χ4v) is 2.42. The molecule has 0 spiro atoms. The first-order valence-electron chi connectivity index (χ1n) is 9.65. The van der Waals surface area contributed by atoms with Crippen molar-refractivity contribution in [3.8, 4) is 5.75 Å². The lowest BCUT2D eigenvalue weighted by molar-refractivity contribution is -0.141. The summed E-state index contributed by atoms with van der Waals surface area (Å²) in [5, 5.41) is 0. The highest BCUT2D eigenvalue weighted by molar-refractivity contribution is 5.89. The third kappa shape index (κ3) is 12.0. The number of hydrogen-bond acceptors (Lipinski definition) is 6. The van der Waals surface area contributed by atoms with Gasteiger partial charge in [0.15, 0.2) is 0 Å². The molecule has 0 aliphatic rings. The number of methoxy groups -OCH3 is 1. The summed E-state index contributed by atoms with van der Waals surface area (Å²) < 4.78 is 20.8. The molecule has 0 fully saturated rings. The monoisotopic (exact) mass is 380 g/mol. The van der Waals surface area contributed by atoms with E-state index >= 15 is 0 Å². The van der Waals surface area contributed by atoms with E-state index in [9.17, 15) is 9.59 Å². The summed E-state index contributed by atoms with van der Waals surface area (Å²) in [6.45, 7) is 3.65. The van der Waals surface area contributed by atoms with Gasteiger partial charge in [0.05, 0.1) is 25.4 Å². The minimum absolute atomic E-state index is 0.268. The molecular weight excluding hydrogens is 348 g/mol. The van der Waals surface area contributed by atoms with Crippen LogP contribution in [0, 0.1) is 0 Å². The zero-order valence-corrected chi connectivity index (χ0v) is 16.5. The van der Waals surface area contributed by atoms with E-state index < -0.39 is 0 Å². The number of rotatable bonds is 15. The molecule has 1 aromatic rings. The minimum Gasteiger partial charge on any atom is -0.494 e. The Morgan fingerprint density at radius 3 is 1.93 bits per heavy atom. The first-order valence-corrected chi connectivity index (χ1v) is 9.65. The molecule has 6 nitrogen and oxygen atoms in total. The van der Waals surface area contributed by atoms with E-state index in [1.165, 1.54) is 6.92 Å². The predicted molar refractivity (Wildman–Crippen MR) is 103 cm³/mol. The smallest absolute Gasteiger partial charge is 0.338 e. The third-order valence-corrected chi connectivity index (χ3v) is 3.93. The van der Waals surface area contributed by atoms with Gasteiger partial charge in [-0.25, -0.2) is 4.79 Å². The highest BCUT2D eigenvalue weighted by Gasteiger charge is 2.07. The van der Waals surface area contributed by atoms with E-state index in [1.807, 2.05) is 0 Å². The van der Waals surface area contributed by atoms with Gasteiger partial charge in [-0.1, -0.05) is 6.42 Å². The van der Waals surface area contributed by atoms with Crippen LogP contribution in [-0.4, -0.2) is 45.5 Å². The van der Waals surface area contributed by atoms with Gasteiger partial charge < -0.3 is 18.9 Å². The first-order chi connectivity index (χ1) is 13.1. The molecule has 6 heteroatoms. The molecule has 0 saturated carbocycles. The van der Waals surface area contributed by atoms with Gasteiger partial charge in [-0.15, -0.1) is 0 Å². The van der Waals surface area contributed by atoms with Crippen LogP contribution in [0.1, 0.15) is 62.2 Å². The molecule has 0 N–H and O–H groups in total. The van der Waals surface area contributed by atoms with Gasteiger partial charge in [0.2, 0.25) is 0 Å². The number of ether oxygens (including phenoxy) is 4. The van der Waals surface area contributed by atoms with Crippen LogP contribution in [0.15, 0.2) is 24.3 Å². The summed E-state index contributed by atoms with van der Waals surface area (Å²) in [5.74, 6) is 0.157. The second kappa shape index (κ2) is 15.0. The predicted octanol–water partition coefficient (Wildman–Crippen LogP) is 4.16. The molecule has 1 aromatic carbocycles. The molecule has 0 saturated heterocycles. The van der Waals surface area contributed by atoms with Gasteiger partial charge in [-0.05, 0) is 62.8 Å².